The summed E-state index contributed by atoms with van der Waals surface area (Å²) in [5.74, 6) is 0.753. The molecule has 0 amide bonds. The second-order valence-corrected chi connectivity index (χ2v) is 4.37. The van der Waals surface area contributed by atoms with Gasteiger partial charge in [0, 0.05) is 6.54 Å². The fraction of sp³-hybridized carbons (Fsp3) is 0.500. The zero-order valence-corrected chi connectivity index (χ0v) is 10.6. The smallest absolute Gasteiger partial charge is 0.137 e. The molecule has 3 heteroatoms. The number of ether oxygens (including phenoxy) is 1. The molecule has 0 radical (unpaired) electrons. The van der Waals surface area contributed by atoms with E-state index in [4.69, 9.17) is 16.3 Å². The molecule has 0 heterocycles. The maximum atomic E-state index is 6.08. The third-order valence-electron chi connectivity index (χ3n) is 2.44. The van der Waals surface area contributed by atoms with Crippen LogP contribution in [0.2, 0.25) is 5.02 Å². The maximum Gasteiger partial charge on any atom is 0.137 e. The average Bonchev–Trinajstić information content (AvgIpc) is 2.18. The molecule has 1 aromatic rings. The Morgan fingerprint density at radius 3 is 2.53 bits per heavy atom. The predicted molar refractivity (Wildman–Crippen MR) is 65.0 cm³/mol. The Kier molecular flexibility index (Phi) is 4.43. The lowest BCUT2D eigenvalue weighted by atomic mass is 10.1. The van der Waals surface area contributed by atoms with Crippen LogP contribution in [0.15, 0.2) is 12.1 Å². The van der Waals surface area contributed by atoms with Crippen molar-refractivity contribution < 1.29 is 4.74 Å². The predicted octanol–water partition coefficient (Wildman–Crippen LogP) is 2.76. The minimum absolute atomic E-state index is 0.692. The van der Waals surface area contributed by atoms with E-state index in [2.05, 4.69) is 25.9 Å². The van der Waals surface area contributed by atoms with Crippen LogP contribution >= 0.6 is 11.6 Å². The zero-order chi connectivity index (χ0) is 11.4. The van der Waals surface area contributed by atoms with E-state index in [9.17, 15) is 0 Å². The lowest BCUT2D eigenvalue weighted by Gasteiger charge is -2.13. The van der Waals surface area contributed by atoms with Gasteiger partial charge in [-0.25, -0.2) is 0 Å². The number of nitrogens with zero attached hydrogens (tertiary/aromatic N) is 1. The molecule has 0 saturated heterocycles. The van der Waals surface area contributed by atoms with Gasteiger partial charge in [0.15, 0.2) is 0 Å². The fourth-order valence-electron chi connectivity index (χ4n) is 1.47. The maximum absolute atomic E-state index is 6.08. The highest BCUT2D eigenvalue weighted by Crippen LogP contribution is 2.27. The number of hydrogen-bond donors (Lipinski definition) is 0. The lowest BCUT2D eigenvalue weighted by molar-refractivity contribution is 0.410. The Labute approximate surface area is 96.8 Å². The molecule has 0 spiro atoms. The largest absolute Gasteiger partial charge is 0.495 e. The number of benzene rings is 1. The molecule has 0 aliphatic heterocycles. The van der Waals surface area contributed by atoms with Crippen LogP contribution in [-0.2, 0) is 6.42 Å². The van der Waals surface area contributed by atoms with Gasteiger partial charge in [-0.3, -0.25) is 0 Å². The molecule has 0 N–H and O–H groups in total. The summed E-state index contributed by atoms with van der Waals surface area (Å²) in [7, 11) is 5.78. The van der Waals surface area contributed by atoms with E-state index in [1.165, 1.54) is 11.1 Å². The van der Waals surface area contributed by atoms with Crippen molar-refractivity contribution in [2.24, 2.45) is 0 Å². The number of methoxy groups -OCH3 is 1. The highest BCUT2D eigenvalue weighted by Gasteiger charge is 2.06. The van der Waals surface area contributed by atoms with Crippen molar-refractivity contribution in [3.05, 3.63) is 28.3 Å². The van der Waals surface area contributed by atoms with Crippen molar-refractivity contribution in [1.29, 1.82) is 0 Å². The topological polar surface area (TPSA) is 12.5 Å². The van der Waals surface area contributed by atoms with Crippen LogP contribution in [0.3, 0.4) is 0 Å². The summed E-state index contributed by atoms with van der Waals surface area (Å²) in [5, 5.41) is 0.692. The molecule has 0 aliphatic rings. The third-order valence-corrected chi connectivity index (χ3v) is 2.73. The van der Waals surface area contributed by atoms with Crippen LogP contribution in [0.1, 0.15) is 11.1 Å². The molecule has 1 rings (SSSR count). The summed E-state index contributed by atoms with van der Waals surface area (Å²) >= 11 is 6.08. The molecule has 0 unspecified atom stereocenters. The van der Waals surface area contributed by atoms with Crippen molar-refractivity contribution in [2.45, 2.75) is 13.3 Å². The molecule has 0 aromatic heterocycles. The third kappa shape index (κ3) is 3.40. The highest BCUT2D eigenvalue weighted by atomic mass is 35.5. The number of rotatable bonds is 4. The zero-order valence-electron chi connectivity index (χ0n) is 9.80. The molecule has 84 valence electrons. The van der Waals surface area contributed by atoms with Gasteiger partial charge in [0.1, 0.15) is 5.75 Å². The standard InChI is InChI=1S/C12H18ClNO/c1-9-7-12(15-4)11(13)8-10(9)5-6-14(2)3/h7-8H,5-6H2,1-4H3. The van der Waals surface area contributed by atoms with E-state index in [0.29, 0.717) is 5.02 Å². The molecule has 0 saturated carbocycles. The Morgan fingerprint density at radius 2 is 2.00 bits per heavy atom. The van der Waals surface area contributed by atoms with Crippen LogP contribution in [0.5, 0.6) is 5.75 Å². The molecular weight excluding hydrogens is 210 g/mol. The number of halogens is 1. The van der Waals surface area contributed by atoms with E-state index in [1.54, 1.807) is 7.11 Å². The molecule has 0 bridgehead atoms. The van der Waals surface area contributed by atoms with E-state index in [1.807, 2.05) is 12.1 Å². The number of hydrogen-bond acceptors (Lipinski definition) is 2. The Hall–Kier alpha value is -0.730. The second kappa shape index (κ2) is 5.38. The van der Waals surface area contributed by atoms with E-state index < -0.39 is 0 Å². The minimum atomic E-state index is 0.692. The summed E-state index contributed by atoms with van der Waals surface area (Å²) in [6, 6.07) is 3.99. The Bertz CT molecular complexity index is 337. The molecule has 0 fully saturated rings. The molecule has 0 aliphatic carbocycles. The van der Waals surface area contributed by atoms with Gasteiger partial charge in [-0.2, -0.15) is 0 Å². The second-order valence-electron chi connectivity index (χ2n) is 3.97. The Morgan fingerprint density at radius 1 is 1.33 bits per heavy atom. The van der Waals surface area contributed by atoms with Gasteiger partial charge in [-0.1, -0.05) is 11.6 Å². The summed E-state index contributed by atoms with van der Waals surface area (Å²) < 4.78 is 5.16. The van der Waals surface area contributed by atoms with Crippen LogP contribution in [-0.4, -0.2) is 32.6 Å². The van der Waals surface area contributed by atoms with Crippen LogP contribution in [0.25, 0.3) is 0 Å². The molecule has 15 heavy (non-hydrogen) atoms. The monoisotopic (exact) mass is 227 g/mol. The van der Waals surface area contributed by atoms with E-state index in [-0.39, 0.29) is 0 Å². The van der Waals surface area contributed by atoms with Crippen molar-refractivity contribution in [3.8, 4) is 5.75 Å². The first kappa shape index (κ1) is 12.3. The quantitative estimate of drug-likeness (QED) is 0.785. The van der Waals surface area contributed by atoms with Crippen LogP contribution in [0, 0.1) is 6.92 Å². The minimum Gasteiger partial charge on any atom is -0.495 e. The summed E-state index contributed by atoms with van der Waals surface area (Å²) in [6.45, 7) is 3.12. The summed E-state index contributed by atoms with van der Waals surface area (Å²) in [6.07, 6.45) is 1.02. The van der Waals surface area contributed by atoms with Gasteiger partial charge in [0.25, 0.3) is 0 Å². The fourth-order valence-corrected chi connectivity index (χ4v) is 1.73. The lowest BCUT2D eigenvalue weighted by Crippen LogP contribution is -2.15. The van der Waals surface area contributed by atoms with Crippen molar-refractivity contribution >= 4 is 11.6 Å². The SMILES string of the molecule is COc1cc(C)c(CCN(C)C)cc1Cl. The average molecular weight is 228 g/mol. The van der Waals surface area contributed by atoms with E-state index >= 15 is 0 Å². The van der Waals surface area contributed by atoms with E-state index in [0.717, 1.165) is 18.7 Å². The van der Waals surface area contributed by atoms with Gasteiger partial charge in [-0.05, 0) is 50.7 Å². The number of aryl methyl sites for hydroxylation is 1. The molecule has 1 aromatic carbocycles. The first-order valence-electron chi connectivity index (χ1n) is 5.02. The first-order valence-corrected chi connectivity index (χ1v) is 5.40. The van der Waals surface area contributed by atoms with Crippen molar-refractivity contribution in [2.75, 3.05) is 27.7 Å². The normalized spacial score (nSPS) is 10.8. The van der Waals surface area contributed by atoms with Gasteiger partial charge in [0.05, 0.1) is 12.1 Å². The van der Waals surface area contributed by atoms with Gasteiger partial charge in [0.2, 0.25) is 0 Å². The molecule has 2 nitrogen and oxygen atoms in total. The highest BCUT2D eigenvalue weighted by molar-refractivity contribution is 6.32. The Balaban J connectivity index is 2.85. The summed E-state index contributed by atoms with van der Waals surface area (Å²) in [5.41, 5.74) is 2.52. The van der Waals surface area contributed by atoms with Crippen LogP contribution in [0.4, 0.5) is 0 Å². The van der Waals surface area contributed by atoms with Crippen molar-refractivity contribution in [1.82, 2.24) is 4.90 Å². The van der Waals surface area contributed by atoms with Gasteiger partial charge < -0.3 is 9.64 Å². The number of likely N-dealkylation sites (N-methyl/N-ethyl adjacent to an activating group) is 1. The van der Waals surface area contributed by atoms with Crippen LogP contribution < -0.4 is 4.74 Å². The molecule has 0 atom stereocenters. The summed E-state index contributed by atoms with van der Waals surface area (Å²) in [4.78, 5) is 2.16. The molecular formula is C12H18ClNO. The van der Waals surface area contributed by atoms with Gasteiger partial charge in [-0.15, -0.1) is 0 Å². The first-order chi connectivity index (χ1) is 7.04. The van der Waals surface area contributed by atoms with Crippen molar-refractivity contribution in [3.63, 3.8) is 0 Å². The van der Waals surface area contributed by atoms with Gasteiger partial charge >= 0.3 is 0 Å².